The Morgan fingerprint density at radius 2 is 1.72 bits per heavy atom. The largest absolute Gasteiger partial charge is 1.00 e. The topological polar surface area (TPSA) is 96.2 Å². The summed E-state index contributed by atoms with van der Waals surface area (Å²) in [5.41, 5.74) is 0.585. The quantitative estimate of drug-likeness (QED) is 0.356. The van der Waals surface area contributed by atoms with Gasteiger partial charge in [-0.3, -0.25) is 4.79 Å². The maximum Gasteiger partial charge on any atom is 1.00 e. The molecule has 0 aliphatic heterocycles. The van der Waals surface area contributed by atoms with E-state index >= 15 is 0 Å². The number of carbonyl (C=O) groups excluding carboxylic acids is 1. The van der Waals surface area contributed by atoms with Crippen molar-refractivity contribution < 1.29 is 81.0 Å². The van der Waals surface area contributed by atoms with Crippen LogP contribution in [0.5, 0.6) is 28.7 Å². The summed E-state index contributed by atoms with van der Waals surface area (Å²) in [6.45, 7) is 3.63. The molecule has 0 aromatic heterocycles. The van der Waals surface area contributed by atoms with Crippen LogP contribution in [0.15, 0.2) is 30.3 Å². The van der Waals surface area contributed by atoms with Crippen LogP contribution in [0.25, 0.3) is 0 Å². The molecule has 7 heteroatoms. The number of benzene rings is 2. The van der Waals surface area contributed by atoms with Crippen LogP contribution in [-0.2, 0) is 6.42 Å². The average Bonchev–Trinajstić information content (AvgIpc) is 2.52. The molecule has 2 aromatic rings. The minimum atomic E-state index is -0.415. The van der Waals surface area contributed by atoms with E-state index in [0.29, 0.717) is 12.2 Å². The van der Waals surface area contributed by atoms with Gasteiger partial charge in [-0.1, -0.05) is 6.07 Å². The number of carbonyl (C=O) groups is 1. The summed E-state index contributed by atoms with van der Waals surface area (Å²) in [6.07, 6.45) is 0.398. The third kappa shape index (κ3) is 5.62. The fourth-order valence-electron chi connectivity index (χ4n) is 2.35. The molecule has 25 heavy (non-hydrogen) atoms. The van der Waals surface area contributed by atoms with Crippen molar-refractivity contribution in [3.63, 3.8) is 0 Å². The Morgan fingerprint density at radius 3 is 2.24 bits per heavy atom. The fourth-order valence-corrected chi connectivity index (χ4v) is 2.35. The number of Topliss-reactive ketones (excluding diaryl/α,β-unsaturated/α-hetero) is 1. The summed E-state index contributed by atoms with van der Waals surface area (Å²) in [5, 5.41) is 29.6. The zero-order valence-electron chi connectivity index (χ0n) is 14.3. The minimum Gasteiger partial charge on any atom is -0.525 e. The van der Waals surface area contributed by atoms with Gasteiger partial charge in [0.2, 0.25) is 0 Å². The molecule has 128 valence electrons. The van der Waals surface area contributed by atoms with Gasteiger partial charge in [0.05, 0.1) is 7.11 Å². The molecule has 0 saturated carbocycles. The van der Waals surface area contributed by atoms with Gasteiger partial charge in [-0.05, 0) is 30.7 Å². The predicted octanol–water partition coefficient (Wildman–Crippen LogP) is -0.156. The number of phenolic OH excluding ortho intramolecular Hbond substituents is 3. The Labute approximate surface area is 188 Å². The molecule has 0 radical (unpaired) electrons. The van der Waals surface area contributed by atoms with Crippen molar-refractivity contribution in [2.45, 2.75) is 12.8 Å². The molecule has 0 saturated heterocycles. The molecule has 0 aliphatic carbocycles. The molecule has 2 aromatic carbocycles. The van der Waals surface area contributed by atoms with Crippen LogP contribution in [-0.4, -0.2) is 34.8 Å². The van der Waals surface area contributed by atoms with Gasteiger partial charge < -0.3 is 31.7 Å². The molecule has 2 rings (SSSR count). The smallest absolute Gasteiger partial charge is 0.525 e. The monoisotopic (exact) mass is 370 g/mol. The number of rotatable bonds is 7. The van der Waals surface area contributed by atoms with Crippen molar-refractivity contribution in [1.82, 2.24) is 0 Å². The molecule has 0 heterocycles. The molecule has 0 spiro atoms. The molecule has 0 bridgehead atoms. The van der Waals surface area contributed by atoms with Gasteiger partial charge in [0.25, 0.3) is 0 Å². The van der Waals surface area contributed by atoms with Gasteiger partial charge in [-0.15, -0.1) is 0 Å². The zero-order chi connectivity index (χ0) is 17.7. The summed E-state index contributed by atoms with van der Waals surface area (Å²) in [5.74, 6) is -0.538. The number of phenols is 3. The molecular weight excluding hydrogens is 351 g/mol. The standard InChI is InChI=1S/C18H19O6.K/c1-3-24-12-9-15(21)18(16(22)10-12)13(19)6-4-11-5-7-17(23-2)14(20)8-11;/h5,7-10,20-22H,1,3-4,6H2,2H3;/q-1;+1. The van der Waals surface area contributed by atoms with Crippen LogP contribution in [0.2, 0.25) is 0 Å². The maximum absolute atomic E-state index is 12.3. The minimum absolute atomic E-state index is 0. The van der Waals surface area contributed by atoms with Crippen molar-refractivity contribution in [2.24, 2.45) is 0 Å². The SMILES string of the molecule is [CH2-]COc1cc(O)c(C(=O)CCc2ccc(OC)c(O)c2)c(O)c1.[K+]. The van der Waals surface area contributed by atoms with Crippen LogP contribution in [0.4, 0.5) is 0 Å². The second-order valence-electron chi connectivity index (χ2n) is 5.11. The van der Waals surface area contributed by atoms with Crippen molar-refractivity contribution in [2.75, 3.05) is 13.7 Å². The number of ether oxygens (including phenoxy) is 2. The van der Waals surface area contributed by atoms with E-state index in [1.165, 1.54) is 25.3 Å². The number of methoxy groups -OCH3 is 1. The van der Waals surface area contributed by atoms with E-state index in [1.54, 1.807) is 12.1 Å². The van der Waals surface area contributed by atoms with Crippen molar-refractivity contribution >= 4 is 5.78 Å². The molecule has 0 atom stereocenters. The Balaban J connectivity index is 0.00000312. The Bertz CT molecular complexity index is 721. The van der Waals surface area contributed by atoms with E-state index in [2.05, 4.69) is 6.92 Å². The van der Waals surface area contributed by atoms with Gasteiger partial charge >= 0.3 is 51.4 Å². The molecule has 3 N–H and O–H groups in total. The first-order valence-corrected chi connectivity index (χ1v) is 7.33. The third-order valence-corrected chi connectivity index (χ3v) is 3.50. The van der Waals surface area contributed by atoms with Crippen LogP contribution >= 0.6 is 0 Å². The average molecular weight is 370 g/mol. The second kappa shape index (κ2) is 10.0. The van der Waals surface area contributed by atoms with Crippen molar-refractivity contribution in [1.29, 1.82) is 0 Å². The summed E-state index contributed by atoms with van der Waals surface area (Å²) in [6, 6.07) is 7.37. The summed E-state index contributed by atoms with van der Waals surface area (Å²) in [4.78, 5) is 12.3. The normalized spacial score (nSPS) is 10.0. The van der Waals surface area contributed by atoms with Crippen LogP contribution < -0.4 is 60.9 Å². The summed E-state index contributed by atoms with van der Waals surface area (Å²) in [7, 11) is 1.45. The number of hydrogen-bond acceptors (Lipinski definition) is 6. The Hall–Kier alpha value is -1.25. The van der Waals surface area contributed by atoms with Gasteiger partial charge in [0.1, 0.15) is 22.8 Å². The molecule has 0 fully saturated rings. The fraction of sp³-hybridized carbons (Fsp3) is 0.222. The van der Waals surface area contributed by atoms with Gasteiger partial charge in [0.15, 0.2) is 17.3 Å². The first kappa shape index (κ1) is 21.8. The third-order valence-electron chi connectivity index (χ3n) is 3.50. The molecule has 0 amide bonds. The maximum atomic E-state index is 12.3. The van der Waals surface area contributed by atoms with E-state index in [0.717, 1.165) is 5.56 Å². The number of ketones is 1. The summed E-state index contributed by atoms with van der Waals surface area (Å²) < 4.78 is 10.0. The summed E-state index contributed by atoms with van der Waals surface area (Å²) >= 11 is 0. The van der Waals surface area contributed by atoms with E-state index in [9.17, 15) is 20.1 Å². The van der Waals surface area contributed by atoms with Crippen molar-refractivity contribution in [3.05, 3.63) is 48.4 Å². The van der Waals surface area contributed by atoms with Gasteiger partial charge in [0, 0.05) is 18.6 Å². The molecule has 0 aliphatic rings. The number of aryl methyl sites for hydroxylation is 1. The van der Waals surface area contributed by atoms with E-state index < -0.39 is 5.78 Å². The first-order chi connectivity index (χ1) is 11.5. The van der Waals surface area contributed by atoms with Crippen LogP contribution in [0.1, 0.15) is 22.3 Å². The molecule has 0 unspecified atom stereocenters. The van der Waals surface area contributed by atoms with Crippen molar-refractivity contribution in [3.8, 4) is 28.7 Å². The van der Waals surface area contributed by atoms with Crippen LogP contribution in [0.3, 0.4) is 0 Å². The van der Waals surface area contributed by atoms with Gasteiger partial charge in [-0.2, -0.15) is 0 Å². The second-order valence-corrected chi connectivity index (χ2v) is 5.11. The first-order valence-electron chi connectivity index (χ1n) is 7.33. The van der Waals surface area contributed by atoms with E-state index in [4.69, 9.17) is 9.47 Å². The van der Waals surface area contributed by atoms with Crippen LogP contribution in [0, 0.1) is 6.92 Å². The molecular formula is C18H19KO6. The zero-order valence-corrected chi connectivity index (χ0v) is 17.4. The number of aromatic hydroxyl groups is 3. The predicted molar refractivity (Wildman–Crippen MR) is 87.9 cm³/mol. The van der Waals surface area contributed by atoms with E-state index in [1.807, 2.05) is 0 Å². The Morgan fingerprint density at radius 1 is 1.08 bits per heavy atom. The van der Waals surface area contributed by atoms with Gasteiger partial charge in [-0.25, -0.2) is 0 Å². The molecule has 6 nitrogen and oxygen atoms in total. The van der Waals surface area contributed by atoms with E-state index in [-0.39, 0.29) is 93.0 Å². The number of hydrogen-bond donors (Lipinski definition) is 3. The Kier molecular flexibility index (Phi) is 8.74.